The monoisotopic (exact) mass is 224 g/mol. The van der Waals surface area contributed by atoms with Crippen LogP contribution in [0.3, 0.4) is 0 Å². The Morgan fingerprint density at radius 3 is 1.69 bits per heavy atom. The van der Waals surface area contributed by atoms with E-state index in [0.717, 1.165) is 12.8 Å². The van der Waals surface area contributed by atoms with Crippen LogP contribution >= 0.6 is 0 Å². The molecule has 1 heteroatoms. The highest BCUT2D eigenvalue weighted by Gasteiger charge is 2.21. The predicted molar refractivity (Wildman–Crippen MR) is 71.1 cm³/mol. The minimum atomic E-state index is -0.845. The van der Waals surface area contributed by atoms with Crippen LogP contribution < -0.4 is 0 Å². The van der Waals surface area contributed by atoms with E-state index in [1.165, 1.54) is 0 Å². The minimum absolute atomic E-state index is 0.00483. The molecule has 0 aliphatic heterocycles. The van der Waals surface area contributed by atoms with E-state index >= 15 is 0 Å². The number of hydrogen-bond donors (Lipinski definition) is 1. The van der Waals surface area contributed by atoms with Gasteiger partial charge in [-0.05, 0) is 45.4 Å². The van der Waals surface area contributed by atoms with Crippen molar-refractivity contribution < 1.29 is 5.11 Å². The molecule has 1 N–H and O–H groups in total. The molecule has 0 saturated carbocycles. The van der Waals surface area contributed by atoms with Crippen molar-refractivity contribution in [3.8, 4) is 11.8 Å². The Morgan fingerprint density at radius 2 is 1.31 bits per heavy atom. The maximum Gasteiger partial charge on any atom is 0.123 e. The van der Waals surface area contributed by atoms with Crippen LogP contribution in [0, 0.1) is 29.1 Å². The molecule has 0 amide bonds. The first-order valence-electron chi connectivity index (χ1n) is 6.31. The SMILES string of the molecule is CC(C)CC(C)(C)C#CC(C)(O)CC(C)C. The lowest BCUT2D eigenvalue weighted by Gasteiger charge is -2.23. The van der Waals surface area contributed by atoms with Gasteiger partial charge in [-0.15, -0.1) is 0 Å². The highest BCUT2D eigenvalue weighted by atomic mass is 16.3. The Hall–Kier alpha value is -0.480. The zero-order valence-corrected chi connectivity index (χ0v) is 12.0. The maximum atomic E-state index is 10.1. The molecule has 0 aromatic carbocycles. The molecule has 0 aliphatic carbocycles. The van der Waals surface area contributed by atoms with Gasteiger partial charge in [0.25, 0.3) is 0 Å². The average Bonchev–Trinajstić information content (AvgIpc) is 1.96. The minimum Gasteiger partial charge on any atom is -0.378 e. The Labute approximate surface area is 102 Å². The molecule has 1 atom stereocenters. The normalized spacial score (nSPS) is 15.9. The molecule has 0 bridgehead atoms. The van der Waals surface area contributed by atoms with Crippen molar-refractivity contribution in [2.45, 2.75) is 66.9 Å². The standard InChI is InChI=1S/C15H28O/c1-12(2)10-14(5,6)8-9-15(7,16)11-13(3)4/h12-13,16H,10-11H2,1-7H3. The van der Waals surface area contributed by atoms with E-state index in [1.54, 1.807) is 0 Å². The quantitative estimate of drug-likeness (QED) is 0.719. The zero-order chi connectivity index (χ0) is 13.0. The lowest BCUT2D eigenvalue weighted by Crippen LogP contribution is -2.25. The van der Waals surface area contributed by atoms with Gasteiger partial charge >= 0.3 is 0 Å². The van der Waals surface area contributed by atoms with Crippen molar-refractivity contribution in [3.05, 3.63) is 0 Å². The second kappa shape index (κ2) is 5.73. The maximum absolute atomic E-state index is 10.1. The van der Waals surface area contributed by atoms with Crippen molar-refractivity contribution in [2.75, 3.05) is 0 Å². The first-order chi connectivity index (χ1) is 7.04. The molecule has 0 aromatic rings. The van der Waals surface area contributed by atoms with Gasteiger partial charge < -0.3 is 5.11 Å². The molecule has 0 aliphatic rings. The first-order valence-corrected chi connectivity index (χ1v) is 6.31. The Bertz CT molecular complexity index is 235. The molecule has 94 valence electrons. The fourth-order valence-electron chi connectivity index (χ4n) is 2.22. The summed E-state index contributed by atoms with van der Waals surface area (Å²) in [7, 11) is 0. The highest BCUT2D eigenvalue weighted by Crippen LogP contribution is 2.25. The molecule has 0 saturated heterocycles. The van der Waals surface area contributed by atoms with Gasteiger partial charge in [0.2, 0.25) is 0 Å². The molecule has 0 fully saturated rings. The van der Waals surface area contributed by atoms with Crippen LogP contribution in [0.4, 0.5) is 0 Å². The van der Waals surface area contributed by atoms with Gasteiger partial charge in [-0.3, -0.25) is 0 Å². The Kier molecular flexibility index (Phi) is 5.56. The molecular weight excluding hydrogens is 196 g/mol. The number of rotatable bonds is 4. The second-order valence-electron chi connectivity index (χ2n) is 6.60. The fourth-order valence-corrected chi connectivity index (χ4v) is 2.22. The third-order valence-corrected chi connectivity index (χ3v) is 2.39. The molecule has 16 heavy (non-hydrogen) atoms. The second-order valence-corrected chi connectivity index (χ2v) is 6.60. The molecule has 1 unspecified atom stereocenters. The van der Waals surface area contributed by atoms with Gasteiger partial charge in [-0.2, -0.15) is 0 Å². The molecule has 1 nitrogen and oxygen atoms in total. The summed E-state index contributed by atoms with van der Waals surface area (Å²) in [4.78, 5) is 0. The summed E-state index contributed by atoms with van der Waals surface area (Å²) in [5.41, 5.74) is -0.850. The van der Waals surface area contributed by atoms with E-state index in [1.807, 2.05) is 6.92 Å². The number of aliphatic hydroxyl groups is 1. The van der Waals surface area contributed by atoms with Gasteiger partial charge in [-0.25, -0.2) is 0 Å². The first kappa shape index (κ1) is 15.5. The topological polar surface area (TPSA) is 20.2 Å². The molecule has 0 spiro atoms. The summed E-state index contributed by atoms with van der Waals surface area (Å²) < 4.78 is 0. The summed E-state index contributed by atoms with van der Waals surface area (Å²) in [6, 6.07) is 0. The Balaban J connectivity index is 4.57. The molecular formula is C15H28O. The van der Waals surface area contributed by atoms with Gasteiger partial charge in [0.05, 0.1) is 0 Å². The van der Waals surface area contributed by atoms with Crippen molar-refractivity contribution >= 4 is 0 Å². The summed E-state index contributed by atoms with van der Waals surface area (Å²) >= 11 is 0. The van der Waals surface area contributed by atoms with Crippen LogP contribution in [0.15, 0.2) is 0 Å². The predicted octanol–water partition coefficient (Wildman–Crippen LogP) is 3.86. The van der Waals surface area contributed by atoms with E-state index < -0.39 is 5.60 Å². The molecule has 0 aromatic heterocycles. The van der Waals surface area contributed by atoms with E-state index in [2.05, 4.69) is 53.4 Å². The largest absolute Gasteiger partial charge is 0.378 e. The summed E-state index contributed by atoms with van der Waals surface area (Å²) in [6.45, 7) is 14.7. The van der Waals surface area contributed by atoms with Gasteiger partial charge in [0.1, 0.15) is 5.60 Å². The van der Waals surface area contributed by atoms with Gasteiger partial charge in [0, 0.05) is 5.41 Å². The van der Waals surface area contributed by atoms with Crippen LogP contribution in [0.25, 0.3) is 0 Å². The Morgan fingerprint density at radius 1 is 0.875 bits per heavy atom. The summed E-state index contributed by atoms with van der Waals surface area (Å²) in [6.07, 6.45) is 1.80. The van der Waals surface area contributed by atoms with E-state index in [4.69, 9.17) is 0 Å². The van der Waals surface area contributed by atoms with Crippen LogP contribution in [0.1, 0.15) is 61.3 Å². The zero-order valence-electron chi connectivity index (χ0n) is 12.0. The van der Waals surface area contributed by atoms with Crippen molar-refractivity contribution in [2.24, 2.45) is 17.3 Å². The van der Waals surface area contributed by atoms with E-state index in [-0.39, 0.29) is 5.41 Å². The lowest BCUT2D eigenvalue weighted by molar-refractivity contribution is 0.0970. The van der Waals surface area contributed by atoms with Crippen molar-refractivity contribution in [1.82, 2.24) is 0 Å². The molecule has 0 heterocycles. The number of hydrogen-bond acceptors (Lipinski definition) is 1. The highest BCUT2D eigenvalue weighted by molar-refractivity contribution is 5.17. The van der Waals surface area contributed by atoms with E-state index in [0.29, 0.717) is 11.8 Å². The van der Waals surface area contributed by atoms with Crippen LogP contribution in [0.5, 0.6) is 0 Å². The lowest BCUT2D eigenvalue weighted by atomic mass is 9.83. The van der Waals surface area contributed by atoms with Crippen molar-refractivity contribution in [1.29, 1.82) is 0 Å². The van der Waals surface area contributed by atoms with Crippen LogP contribution in [-0.2, 0) is 0 Å². The van der Waals surface area contributed by atoms with Gasteiger partial charge in [0.15, 0.2) is 0 Å². The average molecular weight is 224 g/mol. The summed E-state index contributed by atoms with van der Waals surface area (Å²) in [5, 5.41) is 10.1. The van der Waals surface area contributed by atoms with E-state index in [9.17, 15) is 5.11 Å². The van der Waals surface area contributed by atoms with Crippen molar-refractivity contribution in [3.63, 3.8) is 0 Å². The fraction of sp³-hybridized carbons (Fsp3) is 0.867. The molecule has 0 radical (unpaired) electrons. The smallest absolute Gasteiger partial charge is 0.123 e. The van der Waals surface area contributed by atoms with Gasteiger partial charge in [-0.1, -0.05) is 39.5 Å². The van der Waals surface area contributed by atoms with Crippen LogP contribution in [-0.4, -0.2) is 10.7 Å². The third-order valence-electron chi connectivity index (χ3n) is 2.39. The van der Waals surface area contributed by atoms with Crippen LogP contribution in [0.2, 0.25) is 0 Å². The molecule has 0 rings (SSSR count). The third kappa shape index (κ3) is 7.77. The summed E-state index contributed by atoms with van der Waals surface area (Å²) in [5.74, 6) is 7.39.